The van der Waals surface area contributed by atoms with Crippen LogP contribution in [0.25, 0.3) is 0 Å². The number of nitro groups is 1. The molecule has 0 aliphatic carbocycles. The van der Waals surface area contributed by atoms with E-state index in [-0.39, 0.29) is 16.8 Å². The molecule has 1 saturated heterocycles. The zero-order valence-electron chi connectivity index (χ0n) is 12.3. The average Bonchev–Trinajstić information content (AvgIpc) is 2.89. The van der Waals surface area contributed by atoms with E-state index in [4.69, 9.17) is 11.6 Å². The lowest BCUT2D eigenvalue weighted by Crippen LogP contribution is -2.25. The van der Waals surface area contributed by atoms with Gasteiger partial charge in [-0.05, 0) is 36.2 Å². The maximum Gasteiger partial charge on any atom is 0.269 e. The van der Waals surface area contributed by atoms with Crippen molar-refractivity contribution in [1.29, 1.82) is 0 Å². The zero-order chi connectivity index (χ0) is 17.1. The van der Waals surface area contributed by atoms with Crippen LogP contribution in [0.2, 0.25) is 5.02 Å². The Kier molecular flexibility index (Phi) is 4.82. The number of amidine groups is 1. The second-order valence-corrected chi connectivity index (χ2v) is 6.75. The second kappa shape index (κ2) is 7.02. The fourth-order valence-electron chi connectivity index (χ4n) is 2.24. The minimum absolute atomic E-state index is 0.0194. The maximum atomic E-state index is 12.1. The highest BCUT2D eigenvalue weighted by atomic mass is 35.5. The molecule has 0 aromatic heterocycles. The van der Waals surface area contributed by atoms with Crippen molar-refractivity contribution >= 4 is 45.8 Å². The first-order valence-electron chi connectivity index (χ1n) is 7.06. The van der Waals surface area contributed by atoms with Gasteiger partial charge in [-0.25, -0.2) is 4.99 Å². The van der Waals surface area contributed by atoms with Crippen LogP contribution in [0.3, 0.4) is 0 Å². The number of carbonyl (C=O) groups is 1. The van der Waals surface area contributed by atoms with Crippen molar-refractivity contribution in [1.82, 2.24) is 5.32 Å². The molecule has 0 bridgehead atoms. The molecular weight excluding hydrogens is 350 g/mol. The van der Waals surface area contributed by atoms with Gasteiger partial charge in [0.2, 0.25) is 5.91 Å². The predicted molar refractivity (Wildman–Crippen MR) is 94.9 cm³/mol. The molecule has 0 radical (unpaired) electrons. The van der Waals surface area contributed by atoms with Crippen LogP contribution in [0.5, 0.6) is 0 Å². The molecule has 1 heterocycles. The van der Waals surface area contributed by atoms with Gasteiger partial charge in [-0.3, -0.25) is 14.9 Å². The molecule has 0 saturated carbocycles. The lowest BCUT2D eigenvalue weighted by atomic mass is 10.1. The number of amides is 1. The summed E-state index contributed by atoms with van der Waals surface area (Å²) < 4.78 is 0. The van der Waals surface area contributed by atoms with E-state index in [0.29, 0.717) is 22.3 Å². The first kappa shape index (κ1) is 16.5. The number of nitrogens with zero attached hydrogens (tertiary/aromatic N) is 2. The lowest BCUT2D eigenvalue weighted by Gasteiger charge is -2.05. The van der Waals surface area contributed by atoms with E-state index in [1.165, 1.54) is 23.9 Å². The molecule has 1 aliphatic rings. The fraction of sp³-hybridized carbons (Fsp3) is 0.125. The molecule has 1 unspecified atom stereocenters. The van der Waals surface area contributed by atoms with Crippen LogP contribution in [-0.4, -0.2) is 21.2 Å². The number of thioether (sulfide) groups is 1. The molecule has 0 spiro atoms. The van der Waals surface area contributed by atoms with Crippen LogP contribution in [0, 0.1) is 10.1 Å². The molecule has 8 heteroatoms. The fourth-order valence-corrected chi connectivity index (χ4v) is 3.39. The van der Waals surface area contributed by atoms with Gasteiger partial charge in [0, 0.05) is 17.2 Å². The number of nitrogens with one attached hydrogen (secondary N) is 1. The third kappa shape index (κ3) is 3.93. The summed E-state index contributed by atoms with van der Waals surface area (Å²) in [5.41, 5.74) is 1.45. The number of nitro benzene ring substituents is 1. The molecule has 2 aromatic carbocycles. The highest BCUT2D eigenvalue weighted by Gasteiger charge is 2.30. The Morgan fingerprint density at radius 3 is 2.71 bits per heavy atom. The molecule has 1 amide bonds. The highest BCUT2D eigenvalue weighted by molar-refractivity contribution is 8.15. The van der Waals surface area contributed by atoms with Crippen LogP contribution in [-0.2, 0) is 11.2 Å². The van der Waals surface area contributed by atoms with Gasteiger partial charge >= 0.3 is 0 Å². The average molecular weight is 362 g/mol. The third-order valence-corrected chi connectivity index (χ3v) is 4.71. The molecule has 6 nitrogen and oxygen atoms in total. The van der Waals surface area contributed by atoms with Crippen LogP contribution < -0.4 is 5.32 Å². The van der Waals surface area contributed by atoms with Crippen molar-refractivity contribution in [3.8, 4) is 0 Å². The molecule has 1 fully saturated rings. The lowest BCUT2D eigenvalue weighted by molar-refractivity contribution is -0.384. The number of carbonyl (C=O) groups excluding carboxylic acids is 1. The SMILES string of the molecule is O=C1NC(=Nc2ccc(Cl)cc2)SC1Cc1cccc([N+](=O)[O-])c1. The molecule has 2 aromatic rings. The number of benzene rings is 2. The Hall–Kier alpha value is -2.38. The molecule has 24 heavy (non-hydrogen) atoms. The van der Waals surface area contributed by atoms with Gasteiger partial charge in [0.05, 0.1) is 15.9 Å². The standard InChI is InChI=1S/C16H12ClN3O3S/c17-11-4-6-12(7-5-11)18-16-19-15(21)14(24-16)9-10-2-1-3-13(8-10)20(22)23/h1-8,14H,9H2,(H,18,19,21). The van der Waals surface area contributed by atoms with E-state index in [2.05, 4.69) is 10.3 Å². The van der Waals surface area contributed by atoms with Crippen LogP contribution in [0.1, 0.15) is 5.56 Å². The van der Waals surface area contributed by atoms with E-state index in [1.807, 2.05) is 0 Å². The van der Waals surface area contributed by atoms with Gasteiger partial charge in [0.25, 0.3) is 5.69 Å². The van der Waals surface area contributed by atoms with Gasteiger partial charge in [-0.2, -0.15) is 0 Å². The third-order valence-electron chi connectivity index (χ3n) is 3.38. The smallest absolute Gasteiger partial charge is 0.269 e. The van der Waals surface area contributed by atoms with Gasteiger partial charge in [0.1, 0.15) is 0 Å². The Labute approximate surface area is 147 Å². The Bertz CT molecular complexity index is 824. The first-order chi connectivity index (χ1) is 11.5. The normalized spacial score (nSPS) is 18.6. The van der Waals surface area contributed by atoms with Crippen LogP contribution in [0.15, 0.2) is 53.5 Å². The minimum Gasteiger partial charge on any atom is -0.304 e. The van der Waals surface area contributed by atoms with Crippen molar-refractivity contribution in [2.45, 2.75) is 11.7 Å². The summed E-state index contributed by atoms with van der Waals surface area (Å²) in [6, 6.07) is 13.3. The van der Waals surface area contributed by atoms with E-state index < -0.39 is 4.92 Å². The summed E-state index contributed by atoms with van der Waals surface area (Å²) >= 11 is 7.14. The molecule has 1 aliphatic heterocycles. The summed E-state index contributed by atoms with van der Waals surface area (Å²) in [5.74, 6) is -0.154. The Morgan fingerprint density at radius 2 is 2.00 bits per heavy atom. The van der Waals surface area contributed by atoms with Crippen molar-refractivity contribution in [2.24, 2.45) is 4.99 Å². The quantitative estimate of drug-likeness (QED) is 0.664. The summed E-state index contributed by atoms with van der Waals surface area (Å²) in [6.45, 7) is 0. The highest BCUT2D eigenvalue weighted by Crippen LogP contribution is 2.27. The van der Waals surface area contributed by atoms with E-state index >= 15 is 0 Å². The number of hydrogen-bond acceptors (Lipinski definition) is 5. The molecule has 1 atom stereocenters. The number of hydrogen-bond donors (Lipinski definition) is 1. The van der Waals surface area contributed by atoms with Gasteiger partial charge in [-0.1, -0.05) is 35.5 Å². The summed E-state index contributed by atoms with van der Waals surface area (Å²) in [7, 11) is 0. The molecule has 3 rings (SSSR count). The minimum atomic E-state index is -0.446. The Balaban J connectivity index is 1.72. The predicted octanol–water partition coefficient (Wildman–Crippen LogP) is 3.71. The molecule has 1 N–H and O–H groups in total. The van der Waals surface area contributed by atoms with Crippen molar-refractivity contribution in [2.75, 3.05) is 0 Å². The van der Waals surface area contributed by atoms with Gasteiger partial charge in [-0.15, -0.1) is 0 Å². The number of non-ortho nitro benzene ring substituents is 1. The van der Waals surface area contributed by atoms with Crippen LogP contribution >= 0.6 is 23.4 Å². The monoisotopic (exact) mass is 361 g/mol. The number of aliphatic imine (C=N–C) groups is 1. The van der Waals surface area contributed by atoms with Crippen LogP contribution in [0.4, 0.5) is 11.4 Å². The van der Waals surface area contributed by atoms with Crippen molar-refractivity contribution < 1.29 is 9.72 Å². The number of halogens is 1. The molecular formula is C16H12ClN3O3S. The van der Waals surface area contributed by atoms with Crippen molar-refractivity contribution in [3.05, 3.63) is 69.2 Å². The van der Waals surface area contributed by atoms with E-state index in [9.17, 15) is 14.9 Å². The van der Waals surface area contributed by atoms with Gasteiger partial charge < -0.3 is 5.32 Å². The van der Waals surface area contributed by atoms with Crippen molar-refractivity contribution in [3.63, 3.8) is 0 Å². The maximum absolute atomic E-state index is 12.1. The summed E-state index contributed by atoms with van der Waals surface area (Å²) in [4.78, 5) is 26.8. The topological polar surface area (TPSA) is 84.6 Å². The zero-order valence-corrected chi connectivity index (χ0v) is 13.9. The van der Waals surface area contributed by atoms with Gasteiger partial charge in [0.15, 0.2) is 5.17 Å². The Morgan fingerprint density at radius 1 is 1.25 bits per heavy atom. The summed E-state index contributed by atoms with van der Waals surface area (Å²) in [6.07, 6.45) is 0.401. The molecule has 122 valence electrons. The number of rotatable bonds is 4. The van der Waals surface area contributed by atoms with E-state index in [0.717, 1.165) is 5.56 Å². The largest absolute Gasteiger partial charge is 0.304 e. The summed E-state index contributed by atoms with van der Waals surface area (Å²) in [5, 5.41) is 14.3. The first-order valence-corrected chi connectivity index (χ1v) is 8.32. The van der Waals surface area contributed by atoms with E-state index in [1.54, 1.807) is 36.4 Å². The second-order valence-electron chi connectivity index (χ2n) is 5.12.